The Kier molecular flexibility index (Phi) is 4.75. The van der Waals surface area contributed by atoms with Crippen LogP contribution in [0.2, 0.25) is 0 Å². The van der Waals surface area contributed by atoms with Gasteiger partial charge in [-0.25, -0.2) is 0 Å². The predicted octanol–water partition coefficient (Wildman–Crippen LogP) is 0.179. The Morgan fingerprint density at radius 1 is 1.19 bits per heavy atom. The minimum absolute atomic E-state index is 0.0785. The van der Waals surface area contributed by atoms with Crippen LogP contribution in [0.25, 0.3) is 0 Å². The lowest BCUT2D eigenvalue weighted by molar-refractivity contribution is -0.119. The third-order valence-electron chi connectivity index (χ3n) is 1.84. The minimum atomic E-state index is -0.484. The number of aliphatic hydroxyl groups is 1. The van der Waals surface area contributed by atoms with Crippen molar-refractivity contribution in [3.63, 3.8) is 0 Å². The van der Waals surface area contributed by atoms with E-state index in [0.29, 0.717) is 11.1 Å². The first-order chi connectivity index (χ1) is 7.67. The summed E-state index contributed by atoms with van der Waals surface area (Å²) in [5, 5.41) is 8.80. The number of aliphatic hydroxyl groups excluding tert-OH is 1. The number of benzene rings is 1. The molecule has 16 heavy (non-hydrogen) atoms. The third-order valence-corrected chi connectivity index (χ3v) is 2.08. The Balaban J connectivity index is 2.56. The molecule has 0 aliphatic carbocycles. The molecule has 0 saturated carbocycles. The molecule has 3 N–H and O–H groups in total. The van der Waals surface area contributed by atoms with Crippen molar-refractivity contribution in [3.05, 3.63) is 35.4 Å². The van der Waals surface area contributed by atoms with Gasteiger partial charge in [-0.2, -0.15) is 0 Å². The van der Waals surface area contributed by atoms with Crippen LogP contribution in [0.1, 0.15) is 15.9 Å². The van der Waals surface area contributed by atoms with E-state index in [-0.39, 0.29) is 12.5 Å². The lowest BCUT2D eigenvalue weighted by Gasteiger charge is -2.05. The molecule has 1 rings (SSSR count). The average Bonchev–Trinajstić information content (AvgIpc) is 2.35. The van der Waals surface area contributed by atoms with Crippen LogP contribution < -0.4 is 10.9 Å². The van der Waals surface area contributed by atoms with E-state index in [1.807, 2.05) is 0 Å². The standard InChI is InChI=1S/C10H11ClN2O3/c11-5-9(15)12-13-10(16)8-3-1-7(6-14)2-4-8/h1-4,14H,5-6H2,(H,12,15)(H,13,16). The molecule has 86 valence electrons. The highest BCUT2D eigenvalue weighted by Gasteiger charge is 2.06. The fourth-order valence-corrected chi connectivity index (χ4v) is 1.06. The highest BCUT2D eigenvalue weighted by molar-refractivity contribution is 6.27. The van der Waals surface area contributed by atoms with Gasteiger partial charge >= 0.3 is 0 Å². The Morgan fingerprint density at radius 2 is 1.81 bits per heavy atom. The van der Waals surface area contributed by atoms with E-state index in [2.05, 4.69) is 10.9 Å². The van der Waals surface area contributed by atoms with Crippen LogP contribution in [0.4, 0.5) is 0 Å². The Bertz CT molecular complexity index is 378. The maximum Gasteiger partial charge on any atom is 0.269 e. The fourth-order valence-electron chi connectivity index (χ4n) is 0.994. The molecule has 0 heterocycles. The molecule has 1 aromatic rings. The number of amides is 2. The van der Waals surface area contributed by atoms with Gasteiger partial charge in [0.2, 0.25) is 0 Å². The second-order valence-corrected chi connectivity index (χ2v) is 3.26. The largest absolute Gasteiger partial charge is 0.392 e. The summed E-state index contributed by atoms with van der Waals surface area (Å²) < 4.78 is 0. The molecule has 0 atom stereocenters. The van der Waals surface area contributed by atoms with E-state index in [4.69, 9.17) is 16.7 Å². The number of hydrogen-bond acceptors (Lipinski definition) is 3. The van der Waals surface area contributed by atoms with Crippen molar-refractivity contribution in [1.82, 2.24) is 10.9 Å². The maximum absolute atomic E-state index is 11.4. The number of hydrazine groups is 1. The monoisotopic (exact) mass is 242 g/mol. The highest BCUT2D eigenvalue weighted by Crippen LogP contribution is 2.03. The molecular formula is C10H11ClN2O3. The van der Waals surface area contributed by atoms with E-state index in [1.54, 1.807) is 24.3 Å². The second kappa shape index (κ2) is 6.09. The normalized spacial score (nSPS) is 9.62. The molecule has 2 amide bonds. The van der Waals surface area contributed by atoms with Gasteiger partial charge in [-0.1, -0.05) is 12.1 Å². The van der Waals surface area contributed by atoms with E-state index in [9.17, 15) is 9.59 Å². The molecular weight excluding hydrogens is 232 g/mol. The van der Waals surface area contributed by atoms with E-state index in [0.717, 1.165) is 0 Å². The van der Waals surface area contributed by atoms with Gasteiger partial charge in [-0.3, -0.25) is 20.4 Å². The topological polar surface area (TPSA) is 78.4 Å². The number of rotatable bonds is 3. The number of halogens is 1. The van der Waals surface area contributed by atoms with Gasteiger partial charge in [0.25, 0.3) is 11.8 Å². The predicted molar refractivity (Wildman–Crippen MR) is 58.7 cm³/mol. The van der Waals surface area contributed by atoms with Crippen LogP contribution in [0, 0.1) is 0 Å². The quantitative estimate of drug-likeness (QED) is 0.523. The molecule has 0 aliphatic heterocycles. The Hall–Kier alpha value is -1.59. The van der Waals surface area contributed by atoms with Crippen molar-refractivity contribution in [2.75, 3.05) is 5.88 Å². The summed E-state index contributed by atoms with van der Waals surface area (Å²) in [7, 11) is 0. The van der Waals surface area contributed by atoms with Crippen molar-refractivity contribution in [2.24, 2.45) is 0 Å². The zero-order chi connectivity index (χ0) is 12.0. The number of alkyl halides is 1. The number of carbonyl (C=O) groups is 2. The second-order valence-electron chi connectivity index (χ2n) is 2.99. The van der Waals surface area contributed by atoms with Crippen molar-refractivity contribution in [1.29, 1.82) is 0 Å². The zero-order valence-corrected chi connectivity index (χ0v) is 9.12. The van der Waals surface area contributed by atoms with Crippen molar-refractivity contribution in [3.8, 4) is 0 Å². The Morgan fingerprint density at radius 3 is 2.31 bits per heavy atom. The van der Waals surface area contributed by atoms with Crippen LogP contribution in [-0.2, 0) is 11.4 Å². The molecule has 0 aromatic heterocycles. The molecule has 0 fully saturated rings. The summed E-state index contributed by atoms with van der Waals surface area (Å²) in [6.45, 7) is -0.0785. The lowest BCUT2D eigenvalue weighted by atomic mass is 10.1. The van der Waals surface area contributed by atoms with Gasteiger partial charge in [-0.05, 0) is 17.7 Å². The molecule has 1 aromatic carbocycles. The molecule has 0 aliphatic rings. The molecule has 5 nitrogen and oxygen atoms in total. The van der Waals surface area contributed by atoms with Gasteiger partial charge in [-0.15, -0.1) is 11.6 Å². The first kappa shape index (κ1) is 12.5. The van der Waals surface area contributed by atoms with E-state index in [1.165, 1.54) is 0 Å². The number of hydrogen-bond donors (Lipinski definition) is 3. The summed E-state index contributed by atoms with van der Waals surface area (Å²) in [4.78, 5) is 22.2. The average molecular weight is 243 g/mol. The summed E-state index contributed by atoms with van der Waals surface area (Å²) in [5.74, 6) is -1.14. The number of carbonyl (C=O) groups excluding carboxylic acids is 2. The first-order valence-corrected chi connectivity index (χ1v) is 5.05. The van der Waals surface area contributed by atoms with Crippen molar-refractivity contribution >= 4 is 23.4 Å². The zero-order valence-electron chi connectivity index (χ0n) is 8.37. The third kappa shape index (κ3) is 3.52. The van der Waals surface area contributed by atoms with Gasteiger partial charge in [0.15, 0.2) is 0 Å². The molecule has 0 bridgehead atoms. The summed E-state index contributed by atoms with van der Waals surface area (Å²) in [5.41, 5.74) is 5.43. The lowest BCUT2D eigenvalue weighted by Crippen LogP contribution is -2.42. The van der Waals surface area contributed by atoms with E-state index < -0.39 is 11.8 Å². The van der Waals surface area contributed by atoms with Gasteiger partial charge in [0, 0.05) is 5.56 Å². The highest BCUT2D eigenvalue weighted by atomic mass is 35.5. The van der Waals surface area contributed by atoms with Crippen LogP contribution in [0.5, 0.6) is 0 Å². The molecule has 0 radical (unpaired) electrons. The SMILES string of the molecule is O=C(CCl)NNC(=O)c1ccc(CO)cc1. The maximum atomic E-state index is 11.4. The molecule has 6 heteroatoms. The van der Waals surface area contributed by atoms with Crippen LogP contribution >= 0.6 is 11.6 Å². The van der Waals surface area contributed by atoms with Crippen LogP contribution in [0.3, 0.4) is 0 Å². The summed E-state index contributed by atoms with van der Waals surface area (Å²) in [6, 6.07) is 6.35. The van der Waals surface area contributed by atoms with Gasteiger partial charge in [0.05, 0.1) is 6.61 Å². The van der Waals surface area contributed by atoms with E-state index >= 15 is 0 Å². The van der Waals surface area contributed by atoms with Crippen molar-refractivity contribution < 1.29 is 14.7 Å². The summed E-state index contributed by atoms with van der Waals surface area (Å²) >= 11 is 5.23. The van der Waals surface area contributed by atoms with Gasteiger partial charge < -0.3 is 5.11 Å². The molecule has 0 saturated heterocycles. The summed E-state index contributed by atoms with van der Waals surface area (Å²) in [6.07, 6.45) is 0. The molecule has 0 unspecified atom stereocenters. The van der Waals surface area contributed by atoms with Crippen molar-refractivity contribution in [2.45, 2.75) is 6.61 Å². The van der Waals surface area contributed by atoms with Crippen LogP contribution in [0.15, 0.2) is 24.3 Å². The smallest absolute Gasteiger partial charge is 0.269 e. The molecule has 0 spiro atoms. The van der Waals surface area contributed by atoms with Gasteiger partial charge in [0.1, 0.15) is 5.88 Å². The van der Waals surface area contributed by atoms with Crippen LogP contribution in [-0.4, -0.2) is 22.8 Å². The fraction of sp³-hybridized carbons (Fsp3) is 0.200. The first-order valence-electron chi connectivity index (χ1n) is 4.52. The minimum Gasteiger partial charge on any atom is -0.392 e. The Labute approximate surface area is 97.4 Å². The number of nitrogens with one attached hydrogen (secondary N) is 2.